The Kier molecular flexibility index (Phi) is 10.8. The maximum Gasteiger partial charge on any atom is 0.336 e. The molecular weight excluding hydrogens is 328 g/mol. The topological polar surface area (TPSA) is 105 Å². The number of ether oxygens (including phenoxy) is 2. The largest absolute Gasteiger partial charge is 0.464 e. The fourth-order valence-corrected chi connectivity index (χ4v) is 2.16. The highest BCUT2D eigenvalue weighted by Crippen LogP contribution is 2.08. The van der Waals surface area contributed by atoms with E-state index in [-0.39, 0.29) is 31.6 Å². The van der Waals surface area contributed by atoms with E-state index in [1.54, 1.807) is 27.7 Å². The lowest BCUT2D eigenvalue weighted by atomic mass is 10.0. The van der Waals surface area contributed by atoms with E-state index in [2.05, 4.69) is 5.32 Å². The number of amides is 2. The van der Waals surface area contributed by atoms with Gasteiger partial charge in [0.15, 0.2) is 6.10 Å². The zero-order valence-electron chi connectivity index (χ0n) is 16.1. The third-order valence-electron chi connectivity index (χ3n) is 3.31. The molecule has 2 N–H and O–H groups in total. The third kappa shape index (κ3) is 8.72. The summed E-state index contributed by atoms with van der Waals surface area (Å²) in [5.41, 5.74) is 0. The third-order valence-corrected chi connectivity index (χ3v) is 3.31. The van der Waals surface area contributed by atoms with Gasteiger partial charge in [0.25, 0.3) is 0 Å². The Bertz CT molecular complexity index is 439. The number of carbonyl (C=O) groups excluding carboxylic acids is 3. The van der Waals surface area contributed by atoms with Gasteiger partial charge >= 0.3 is 18.0 Å². The highest BCUT2D eigenvalue weighted by atomic mass is 16.5. The molecule has 0 aromatic carbocycles. The minimum atomic E-state index is -1.44. The molecule has 8 heteroatoms. The van der Waals surface area contributed by atoms with Crippen LogP contribution in [-0.4, -0.2) is 66.4 Å². The first-order valence-corrected chi connectivity index (χ1v) is 8.70. The van der Waals surface area contributed by atoms with Crippen LogP contribution < -0.4 is 5.32 Å². The van der Waals surface area contributed by atoms with E-state index in [1.807, 2.05) is 13.8 Å². The highest BCUT2D eigenvalue weighted by molar-refractivity contribution is 5.84. The number of rotatable bonds is 10. The number of hydrogen-bond acceptors (Lipinski definition) is 6. The SMILES string of the molecule is CCOC(=O)C(O)CN(CC(C)C)C(=O)N[C@H](C(=O)OCC)C(C)C. The minimum absolute atomic E-state index is 0.111. The Morgan fingerprint density at radius 3 is 1.92 bits per heavy atom. The lowest BCUT2D eigenvalue weighted by molar-refractivity contribution is -0.153. The van der Waals surface area contributed by atoms with Crippen LogP contribution in [0.15, 0.2) is 0 Å². The van der Waals surface area contributed by atoms with E-state index in [4.69, 9.17) is 9.47 Å². The lowest BCUT2D eigenvalue weighted by Crippen LogP contribution is -2.53. The van der Waals surface area contributed by atoms with Crippen LogP contribution in [-0.2, 0) is 19.1 Å². The first-order chi connectivity index (χ1) is 11.6. The van der Waals surface area contributed by atoms with Gasteiger partial charge in [0, 0.05) is 6.54 Å². The standard InChI is InChI=1S/C17H32N2O6/c1-7-24-15(21)13(20)10-19(9-11(3)4)17(23)18-14(12(5)6)16(22)25-8-2/h11-14,20H,7-10H2,1-6H3,(H,18,23)/t13?,14-/m0/s1. The maximum atomic E-state index is 12.6. The predicted octanol–water partition coefficient (Wildman–Crippen LogP) is 1.17. The van der Waals surface area contributed by atoms with Crippen molar-refractivity contribution in [3.8, 4) is 0 Å². The molecule has 2 atom stereocenters. The van der Waals surface area contributed by atoms with E-state index >= 15 is 0 Å². The van der Waals surface area contributed by atoms with Gasteiger partial charge in [0.2, 0.25) is 0 Å². The number of hydrogen-bond donors (Lipinski definition) is 2. The predicted molar refractivity (Wildman–Crippen MR) is 92.8 cm³/mol. The number of carbonyl (C=O) groups is 3. The van der Waals surface area contributed by atoms with Gasteiger partial charge < -0.3 is 24.8 Å². The molecule has 0 aliphatic heterocycles. The molecule has 0 aromatic rings. The van der Waals surface area contributed by atoms with Gasteiger partial charge in [-0.1, -0.05) is 27.7 Å². The molecule has 0 spiro atoms. The van der Waals surface area contributed by atoms with E-state index < -0.39 is 30.1 Å². The maximum absolute atomic E-state index is 12.6. The number of aliphatic hydroxyl groups excluding tert-OH is 1. The molecule has 8 nitrogen and oxygen atoms in total. The van der Waals surface area contributed by atoms with Crippen molar-refractivity contribution in [3.05, 3.63) is 0 Å². The molecular formula is C17H32N2O6. The van der Waals surface area contributed by atoms with Gasteiger partial charge in [-0.3, -0.25) is 0 Å². The van der Waals surface area contributed by atoms with Crippen molar-refractivity contribution in [2.75, 3.05) is 26.3 Å². The summed E-state index contributed by atoms with van der Waals surface area (Å²) in [4.78, 5) is 37.5. The average molecular weight is 360 g/mol. The monoisotopic (exact) mass is 360 g/mol. The molecule has 2 amide bonds. The fraction of sp³-hybridized carbons (Fsp3) is 0.824. The molecule has 146 valence electrons. The minimum Gasteiger partial charge on any atom is -0.464 e. The van der Waals surface area contributed by atoms with Crippen LogP contribution in [0.25, 0.3) is 0 Å². The van der Waals surface area contributed by atoms with Crippen molar-refractivity contribution < 1.29 is 29.0 Å². The second-order valence-corrected chi connectivity index (χ2v) is 6.49. The van der Waals surface area contributed by atoms with Crippen LogP contribution in [0.3, 0.4) is 0 Å². The fourth-order valence-electron chi connectivity index (χ4n) is 2.16. The summed E-state index contributed by atoms with van der Waals surface area (Å²) in [5, 5.41) is 12.6. The molecule has 25 heavy (non-hydrogen) atoms. The van der Waals surface area contributed by atoms with Crippen molar-refractivity contribution in [1.29, 1.82) is 0 Å². The van der Waals surface area contributed by atoms with Crippen molar-refractivity contribution in [1.82, 2.24) is 10.2 Å². The van der Waals surface area contributed by atoms with Crippen LogP contribution in [0.1, 0.15) is 41.5 Å². The van der Waals surface area contributed by atoms with Crippen LogP contribution in [0.5, 0.6) is 0 Å². The Morgan fingerprint density at radius 1 is 0.960 bits per heavy atom. The summed E-state index contributed by atoms with van der Waals surface area (Å²) in [6.45, 7) is 11.2. The number of urea groups is 1. The molecule has 1 unspecified atom stereocenters. The number of aliphatic hydroxyl groups is 1. The van der Waals surface area contributed by atoms with E-state index in [0.29, 0.717) is 6.54 Å². The highest BCUT2D eigenvalue weighted by Gasteiger charge is 2.30. The molecule has 0 rings (SSSR count). The normalized spacial score (nSPS) is 13.3. The summed E-state index contributed by atoms with van der Waals surface area (Å²) in [6, 6.07) is -1.34. The smallest absolute Gasteiger partial charge is 0.336 e. The second kappa shape index (κ2) is 11.7. The summed E-state index contributed by atoms with van der Waals surface area (Å²) >= 11 is 0. The number of nitrogens with one attached hydrogen (secondary N) is 1. The molecule has 0 aromatic heterocycles. The van der Waals surface area contributed by atoms with E-state index in [9.17, 15) is 19.5 Å². The van der Waals surface area contributed by atoms with Crippen LogP contribution >= 0.6 is 0 Å². The Hall–Kier alpha value is -1.83. The van der Waals surface area contributed by atoms with Gasteiger partial charge in [-0.05, 0) is 25.7 Å². The van der Waals surface area contributed by atoms with Crippen molar-refractivity contribution >= 4 is 18.0 Å². The van der Waals surface area contributed by atoms with Gasteiger partial charge in [-0.2, -0.15) is 0 Å². The first-order valence-electron chi connectivity index (χ1n) is 8.70. The molecule has 0 heterocycles. The van der Waals surface area contributed by atoms with Crippen molar-refractivity contribution in [2.24, 2.45) is 11.8 Å². The molecule has 0 bridgehead atoms. The molecule has 0 radical (unpaired) electrons. The molecule has 0 saturated carbocycles. The Morgan fingerprint density at radius 2 is 1.48 bits per heavy atom. The number of nitrogens with zero attached hydrogens (tertiary/aromatic N) is 1. The van der Waals surface area contributed by atoms with Gasteiger partial charge in [-0.15, -0.1) is 0 Å². The summed E-state index contributed by atoms with van der Waals surface area (Å²) < 4.78 is 9.74. The Labute approximate surface area is 149 Å². The summed E-state index contributed by atoms with van der Waals surface area (Å²) in [7, 11) is 0. The van der Waals surface area contributed by atoms with Crippen molar-refractivity contribution in [2.45, 2.75) is 53.7 Å². The molecule has 0 aliphatic carbocycles. The molecule has 0 aliphatic rings. The number of esters is 2. The van der Waals surface area contributed by atoms with E-state index in [0.717, 1.165) is 0 Å². The molecule has 0 fully saturated rings. The van der Waals surface area contributed by atoms with Gasteiger partial charge in [0.1, 0.15) is 6.04 Å². The Balaban J connectivity index is 5.08. The molecule has 0 saturated heterocycles. The van der Waals surface area contributed by atoms with Crippen molar-refractivity contribution in [3.63, 3.8) is 0 Å². The summed E-state index contributed by atoms with van der Waals surface area (Å²) in [5.74, 6) is -1.35. The van der Waals surface area contributed by atoms with Crippen LogP contribution in [0, 0.1) is 11.8 Å². The van der Waals surface area contributed by atoms with Gasteiger partial charge in [0.05, 0.1) is 19.8 Å². The quantitative estimate of drug-likeness (QED) is 0.567. The van der Waals surface area contributed by atoms with Gasteiger partial charge in [-0.25, -0.2) is 14.4 Å². The zero-order valence-corrected chi connectivity index (χ0v) is 16.1. The lowest BCUT2D eigenvalue weighted by Gasteiger charge is -2.29. The average Bonchev–Trinajstić information content (AvgIpc) is 2.51. The van der Waals surface area contributed by atoms with Crippen LogP contribution in [0.4, 0.5) is 4.79 Å². The summed E-state index contributed by atoms with van der Waals surface area (Å²) in [6.07, 6.45) is -1.44. The first kappa shape index (κ1) is 23.2. The zero-order chi connectivity index (χ0) is 19.6. The second-order valence-electron chi connectivity index (χ2n) is 6.49. The van der Waals surface area contributed by atoms with Crippen LogP contribution in [0.2, 0.25) is 0 Å². The van der Waals surface area contributed by atoms with E-state index in [1.165, 1.54) is 4.90 Å².